The third-order valence-corrected chi connectivity index (χ3v) is 5.67. The molecule has 1 aliphatic rings. The molecule has 2 aromatic rings. The maximum Gasteiger partial charge on any atom is 0.309 e. The van der Waals surface area contributed by atoms with Crippen LogP contribution < -0.4 is 0 Å². The van der Waals surface area contributed by atoms with E-state index in [0.29, 0.717) is 32.5 Å². The SMILES string of the molecule is CCOC(=O)C1CCN(C(=O)[C@H](C)Sc2ccc3ccccc3n2)CC1. The van der Waals surface area contributed by atoms with Gasteiger partial charge in [-0.2, -0.15) is 0 Å². The summed E-state index contributed by atoms with van der Waals surface area (Å²) in [5.74, 6) is -0.112. The van der Waals surface area contributed by atoms with Gasteiger partial charge in [-0.1, -0.05) is 36.0 Å². The molecule has 6 heteroatoms. The van der Waals surface area contributed by atoms with Crippen molar-refractivity contribution in [3.8, 4) is 0 Å². The van der Waals surface area contributed by atoms with Gasteiger partial charge in [-0.3, -0.25) is 9.59 Å². The van der Waals surface area contributed by atoms with E-state index in [0.717, 1.165) is 15.9 Å². The first-order valence-electron chi connectivity index (χ1n) is 9.06. The summed E-state index contributed by atoms with van der Waals surface area (Å²) >= 11 is 1.48. The van der Waals surface area contributed by atoms with Gasteiger partial charge < -0.3 is 9.64 Å². The lowest BCUT2D eigenvalue weighted by molar-refractivity contribution is -0.151. The van der Waals surface area contributed by atoms with Crippen molar-refractivity contribution in [1.29, 1.82) is 0 Å². The molecule has 1 aliphatic heterocycles. The zero-order chi connectivity index (χ0) is 18.5. The third-order valence-electron chi connectivity index (χ3n) is 4.64. The highest BCUT2D eigenvalue weighted by molar-refractivity contribution is 8.00. The summed E-state index contributed by atoms with van der Waals surface area (Å²) in [5, 5.41) is 1.74. The minimum absolute atomic E-state index is 0.0795. The summed E-state index contributed by atoms with van der Waals surface area (Å²) in [6, 6.07) is 12.0. The molecule has 1 amide bonds. The Kier molecular flexibility index (Phi) is 6.14. The van der Waals surface area contributed by atoms with Crippen molar-refractivity contribution in [2.45, 2.75) is 37.0 Å². The second-order valence-electron chi connectivity index (χ2n) is 6.45. The average molecular weight is 372 g/mol. The van der Waals surface area contributed by atoms with Crippen molar-refractivity contribution >= 4 is 34.5 Å². The fraction of sp³-hybridized carbons (Fsp3) is 0.450. The summed E-state index contributed by atoms with van der Waals surface area (Å²) in [7, 11) is 0. The van der Waals surface area contributed by atoms with Crippen LogP contribution in [-0.2, 0) is 14.3 Å². The summed E-state index contributed by atoms with van der Waals surface area (Å²) in [6.07, 6.45) is 1.35. The number of likely N-dealkylation sites (tertiary alicyclic amines) is 1. The van der Waals surface area contributed by atoms with Gasteiger partial charge >= 0.3 is 5.97 Å². The molecule has 3 rings (SSSR count). The molecule has 0 spiro atoms. The fourth-order valence-electron chi connectivity index (χ4n) is 3.20. The number of fused-ring (bicyclic) bond motifs is 1. The van der Waals surface area contributed by atoms with E-state index in [4.69, 9.17) is 4.74 Å². The number of ether oxygens (including phenoxy) is 1. The minimum atomic E-state index is -0.206. The lowest BCUT2D eigenvalue weighted by Crippen LogP contribution is -2.43. The van der Waals surface area contributed by atoms with Gasteiger partial charge in [0.05, 0.1) is 28.3 Å². The lowest BCUT2D eigenvalue weighted by atomic mass is 9.97. The Balaban J connectivity index is 1.57. The van der Waals surface area contributed by atoms with Crippen molar-refractivity contribution < 1.29 is 14.3 Å². The summed E-state index contributed by atoms with van der Waals surface area (Å²) in [4.78, 5) is 31.0. The quantitative estimate of drug-likeness (QED) is 0.594. The second-order valence-corrected chi connectivity index (χ2v) is 7.81. The van der Waals surface area contributed by atoms with Crippen LogP contribution in [0.2, 0.25) is 0 Å². The molecule has 0 radical (unpaired) electrons. The predicted octanol–water partition coefficient (Wildman–Crippen LogP) is 3.52. The van der Waals surface area contributed by atoms with Gasteiger partial charge in [0.2, 0.25) is 5.91 Å². The number of nitrogens with zero attached hydrogens (tertiary/aromatic N) is 2. The Labute approximate surface area is 158 Å². The number of hydrogen-bond donors (Lipinski definition) is 0. The van der Waals surface area contributed by atoms with Crippen molar-refractivity contribution in [2.24, 2.45) is 5.92 Å². The van der Waals surface area contributed by atoms with E-state index < -0.39 is 0 Å². The van der Waals surface area contributed by atoms with E-state index in [9.17, 15) is 9.59 Å². The van der Waals surface area contributed by atoms with Crippen LogP contribution in [0.5, 0.6) is 0 Å². The summed E-state index contributed by atoms with van der Waals surface area (Å²) in [5.41, 5.74) is 0.937. The van der Waals surface area contributed by atoms with E-state index in [2.05, 4.69) is 4.98 Å². The standard InChI is InChI=1S/C20H24N2O3S/c1-3-25-20(24)16-10-12-22(13-11-16)19(23)14(2)26-18-9-8-15-6-4-5-7-17(15)21-18/h4-9,14,16H,3,10-13H2,1-2H3/t14-/m0/s1. The highest BCUT2D eigenvalue weighted by Gasteiger charge is 2.30. The molecule has 1 aromatic heterocycles. The molecule has 0 unspecified atom stereocenters. The van der Waals surface area contributed by atoms with Crippen LogP contribution in [0.15, 0.2) is 41.4 Å². The van der Waals surface area contributed by atoms with Crippen molar-refractivity contribution in [3.05, 3.63) is 36.4 Å². The number of aromatic nitrogens is 1. The van der Waals surface area contributed by atoms with Crippen LogP contribution in [0.1, 0.15) is 26.7 Å². The fourth-order valence-corrected chi connectivity index (χ4v) is 4.11. The van der Waals surface area contributed by atoms with E-state index in [1.165, 1.54) is 11.8 Å². The number of rotatable bonds is 5. The molecule has 0 bridgehead atoms. The minimum Gasteiger partial charge on any atom is -0.466 e. The first-order valence-corrected chi connectivity index (χ1v) is 9.94. The molecule has 0 saturated carbocycles. The molecule has 0 aliphatic carbocycles. The normalized spacial score (nSPS) is 16.5. The average Bonchev–Trinajstić information content (AvgIpc) is 2.67. The molecule has 1 aromatic carbocycles. The van der Waals surface area contributed by atoms with Gasteiger partial charge in [0.1, 0.15) is 0 Å². The Morgan fingerprint density at radius 3 is 2.69 bits per heavy atom. The molecule has 2 heterocycles. The largest absolute Gasteiger partial charge is 0.466 e. The molecule has 5 nitrogen and oxygen atoms in total. The zero-order valence-electron chi connectivity index (χ0n) is 15.2. The third kappa shape index (κ3) is 4.36. The molecule has 1 saturated heterocycles. The van der Waals surface area contributed by atoms with Gasteiger partial charge in [0.15, 0.2) is 0 Å². The molecule has 138 valence electrons. The first kappa shape index (κ1) is 18.7. The van der Waals surface area contributed by atoms with E-state index >= 15 is 0 Å². The molecule has 0 N–H and O–H groups in total. The molecule has 26 heavy (non-hydrogen) atoms. The summed E-state index contributed by atoms with van der Waals surface area (Å²) < 4.78 is 5.08. The molecular weight excluding hydrogens is 348 g/mol. The first-order chi connectivity index (χ1) is 12.6. The Bertz CT molecular complexity index is 787. The summed E-state index contributed by atoms with van der Waals surface area (Å²) in [6.45, 7) is 5.36. The number of amides is 1. The van der Waals surface area contributed by atoms with Crippen LogP contribution in [0.3, 0.4) is 0 Å². The van der Waals surface area contributed by atoms with Gasteiger partial charge in [-0.15, -0.1) is 0 Å². The Hall–Kier alpha value is -2.08. The monoisotopic (exact) mass is 372 g/mol. The topological polar surface area (TPSA) is 59.5 Å². The second kappa shape index (κ2) is 8.54. The van der Waals surface area contributed by atoms with Crippen LogP contribution in [0.4, 0.5) is 0 Å². The van der Waals surface area contributed by atoms with Crippen molar-refractivity contribution in [1.82, 2.24) is 9.88 Å². The number of esters is 1. The van der Waals surface area contributed by atoms with Gasteiger partial charge in [-0.05, 0) is 38.8 Å². The van der Waals surface area contributed by atoms with Gasteiger partial charge in [0, 0.05) is 18.5 Å². The number of para-hydroxylation sites is 1. The number of carbonyl (C=O) groups is 2. The number of thioether (sulfide) groups is 1. The Morgan fingerprint density at radius 2 is 1.96 bits per heavy atom. The van der Waals surface area contributed by atoms with Gasteiger partial charge in [0.25, 0.3) is 0 Å². The van der Waals surface area contributed by atoms with Crippen LogP contribution in [-0.4, -0.2) is 46.7 Å². The molecular formula is C20H24N2O3S. The smallest absolute Gasteiger partial charge is 0.309 e. The van der Waals surface area contributed by atoms with Crippen LogP contribution in [0.25, 0.3) is 10.9 Å². The lowest BCUT2D eigenvalue weighted by Gasteiger charge is -2.32. The maximum absolute atomic E-state index is 12.7. The molecule has 1 fully saturated rings. The maximum atomic E-state index is 12.7. The highest BCUT2D eigenvalue weighted by atomic mass is 32.2. The predicted molar refractivity (Wildman–Crippen MR) is 103 cm³/mol. The van der Waals surface area contributed by atoms with Crippen LogP contribution in [0, 0.1) is 5.92 Å². The van der Waals surface area contributed by atoms with Crippen molar-refractivity contribution in [2.75, 3.05) is 19.7 Å². The highest BCUT2D eigenvalue weighted by Crippen LogP contribution is 2.27. The van der Waals surface area contributed by atoms with E-state index in [1.807, 2.05) is 55.1 Å². The van der Waals surface area contributed by atoms with Crippen LogP contribution >= 0.6 is 11.8 Å². The molecule has 1 atom stereocenters. The van der Waals surface area contributed by atoms with E-state index in [1.54, 1.807) is 0 Å². The number of carbonyl (C=O) groups excluding carboxylic acids is 2. The number of piperidine rings is 1. The number of pyridine rings is 1. The zero-order valence-corrected chi connectivity index (χ0v) is 16.0. The number of benzene rings is 1. The van der Waals surface area contributed by atoms with Gasteiger partial charge in [-0.25, -0.2) is 4.98 Å². The van der Waals surface area contributed by atoms with E-state index in [-0.39, 0.29) is 23.0 Å². The van der Waals surface area contributed by atoms with Crippen molar-refractivity contribution in [3.63, 3.8) is 0 Å². The number of hydrogen-bond acceptors (Lipinski definition) is 5. The Morgan fingerprint density at radius 1 is 1.23 bits per heavy atom.